The number of benzene rings is 1. The number of methoxy groups -OCH3 is 1. The van der Waals surface area contributed by atoms with Crippen LogP contribution in [0.1, 0.15) is 29.7 Å². The number of amides is 1. The summed E-state index contributed by atoms with van der Waals surface area (Å²) in [6, 6.07) is 7.58. The number of nitrogens with one attached hydrogen (secondary N) is 1. The van der Waals surface area contributed by atoms with E-state index in [9.17, 15) is 4.79 Å². The Kier molecular flexibility index (Phi) is 6.98. The molecule has 1 unspecified atom stereocenters. The first kappa shape index (κ1) is 22.8. The van der Waals surface area contributed by atoms with Crippen LogP contribution in [-0.2, 0) is 23.1 Å². The molecule has 1 amide bonds. The fraction of sp³-hybridized carbons (Fsp3) is 0.458. The highest BCUT2D eigenvalue weighted by atomic mass is 16.5. The van der Waals surface area contributed by atoms with E-state index in [0.29, 0.717) is 30.5 Å². The number of rotatable bonds is 9. The van der Waals surface area contributed by atoms with E-state index in [0.717, 1.165) is 47.3 Å². The predicted molar refractivity (Wildman–Crippen MR) is 123 cm³/mol. The number of ether oxygens (including phenoxy) is 4. The number of hydrogen-bond acceptors (Lipinski definition) is 7. The van der Waals surface area contributed by atoms with E-state index in [-0.39, 0.29) is 18.6 Å². The maximum absolute atomic E-state index is 12.4. The first-order valence-corrected chi connectivity index (χ1v) is 11.1. The number of hydrogen-bond donors (Lipinski definition) is 1. The fourth-order valence-electron chi connectivity index (χ4n) is 3.94. The second-order valence-electron chi connectivity index (χ2n) is 8.20. The Balaban J connectivity index is 1.32. The summed E-state index contributed by atoms with van der Waals surface area (Å²) >= 11 is 0. The van der Waals surface area contributed by atoms with Crippen LogP contribution in [0.2, 0.25) is 0 Å². The number of carbonyl (C=O) groups is 1. The molecule has 0 radical (unpaired) electrons. The summed E-state index contributed by atoms with van der Waals surface area (Å²) in [5, 5.41) is 8.06. The zero-order chi connectivity index (χ0) is 23.4. The molecule has 0 aliphatic carbocycles. The molecule has 4 rings (SSSR count). The Bertz CT molecular complexity index is 1140. The SMILES string of the molecule is COc1cc(CNC(=O)COc2nn(C)c3nc(C)cc(C)c23)ccc1OCC1CCCO1. The van der Waals surface area contributed by atoms with Gasteiger partial charge in [-0.05, 0) is 56.0 Å². The summed E-state index contributed by atoms with van der Waals surface area (Å²) in [4.78, 5) is 16.9. The molecule has 0 saturated carbocycles. The van der Waals surface area contributed by atoms with Crippen molar-refractivity contribution < 1.29 is 23.7 Å². The van der Waals surface area contributed by atoms with Crippen LogP contribution < -0.4 is 19.5 Å². The lowest BCUT2D eigenvalue weighted by molar-refractivity contribution is -0.123. The van der Waals surface area contributed by atoms with Gasteiger partial charge in [-0.25, -0.2) is 9.67 Å². The molecule has 1 saturated heterocycles. The standard InChI is InChI=1S/C24H30N4O5/c1-15-10-16(2)26-23-22(15)24(27-28(23)3)33-14-21(29)25-12-17-7-8-19(20(11-17)30-4)32-13-18-6-5-9-31-18/h7-8,10-11,18H,5-6,9,12-14H2,1-4H3,(H,25,29). The van der Waals surface area contributed by atoms with Crippen molar-refractivity contribution in [2.24, 2.45) is 7.05 Å². The Hall–Kier alpha value is -3.33. The second-order valence-corrected chi connectivity index (χ2v) is 8.20. The molecule has 3 aromatic rings. The van der Waals surface area contributed by atoms with Gasteiger partial charge in [0, 0.05) is 25.9 Å². The molecule has 33 heavy (non-hydrogen) atoms. The molecule has 0 spiro atoms. The van der Waals surface area contributed by atoms with E-state index in [4.69, 9.17) is 18.9 Å². The van der Waals surface area contributed by atoms with Crippen molar-refractivity contribution in [3.63, 3.8) is 0 Å². The first-order valence-electron chi connectivity index (χ1n) is 11.1. The molecule has 1 atom stereocenters. The van der Waals surface area contributed by atoms with Gasteiger partial charge in [-0.1, -0.05) is 6.07 Å². The Labute approximate surface area is 193 Å². The molecular formula is C24H30N4O5. The fourth-order valence-corrected chi connectivity index (χ4v) is 3.94. The van der Waals surface area contributed by atoms with E-state index < -0.39 is 0 Å². The monoisotopic (exact) mass is 454 g/mol. The summed E-state index contributed by atoms with van der Waals surface area (Å²) in [6.45, 7) is 5.41. The van der Waals surface area contributed by atoms with Crippen LogP contribution in [-0.4, -0.2) is 53.7 Å². The summed E-state index contributed by atoms with van der Waals surface area (Å²) in [5.74, 6) is 1.44. The normalized spacial score (nSPS) is 15.6. The highest BCUT2D eigenvalue weighted by Crippen LogP contribution is 2.29. The minimum Gasteiger partial charge on any atom is -0.493 e. The quantitative estimate of drug-likeness (QED) is 0.531. The van der Waals surface area contributed by atoms with Crippen molar-refractivity contribution in [3.05, 3.63) is 41.1 Å². The Morgan fingerprint density at radius 1 is 1.24 bits per heavy atom. The molecule has 0 bridgehead atoms. The molecule has 1 aliphatic heterocycles. The van der Waals surface area contributed by atoms with E-state index in [1.807, 2.05) is 45.2 Å². The molecule has 1 aliphatic rings. The lowest BCUT2D eigenvalue weighted by atomic mass is 10.2. The average molecular weight is 455 g/mol. The predicted octanol–water partition coefficient (Wildman–Crippen LogP) is 2.85. The van der Waals surface area contributed by atoms with Crippen LogP contribution in [0.4, 0.5) is 0 Å². The summed E-state index contributed by atoms with van der Waals surface area (Å²) in [7, 11) is 3.41. The minimum atomic E-state index is -0.246. The number of aromatic nitrogens is 3. The summed E-state index contributed by atoms with van der Waals surface area (Å²) < 4.78 is 24.3. The Morgan fingerprint density at radius 3 is 2.85 bits per heavy atom. The van der Waals surface area contributed by atoms with Crippen molar-refractivity contribution >= 4 is 16.9 Å². The van der Waals surface area contributed by atoms with Crippen LogP contribution in [0.25, 0.3) is 11.0 Å². The maximum Gasteiger partial charge on any atom is 0.258 e. The van der Waals surface area contributed by atoms with Crippen LogP contribution >= 0.6 is 0 Å². The van der Waals surface area contributed by atoms with Gasteiger partial charge in [-0.2, -0.15) is 0 Å². The van der Waals surface area contributed by atoms with Gasteiger partial charge >= 0.3 is 0 Å². The third kappa shape index (κ3) is 5.36. The van der Waals surface area contributed by atoms with Crippen molar-refractivity contribution in [2.75, 3.05) is 26.9 Å². The molecule has 9 nitrogen and oxygen atoms in total. The van der Waals surface area contributed by atoms with Crippen LogP contribution in [0, 0.1) is 13.8 Å². The number of pyridine rings is 1. The van der Waals surface area contributed by atoms with Gasteiger partial charge < -0.3 is 24.3 Å². The zero-order valence-corrected chi connectivity index (χ0v) is 19.5. The topological polar surface area (TPSA) is 96.7 Å². The molecule has 2 aromatic heterocycles. The molecule has 3 heterocycles. The van der Waals surface area contributed by atoms with Crippen LogP contribution in [0.15, 0.2) is 24.3 Å². The highest BCUT2D eigenvalue weighted by Gasteiger charge is 2.18. The van der Waals surface area contributed by atoms with Crippen molar-refractivity contribution in [1.82, 2.24) is 20.1 Å². The molecule has 1 aromatic carbocycles. The van der Waals surface area contributed by atoms with Gasteiger partial charge in [0.1, 0.15) is 6.61 Å². The zero-order valence-electron chi connectivity index (χ0n) is 19.5. The van der Waals surface area contributed by atoms with Crippen molar-refractivity contribution in [2.45, 2.75) is 39.3 Å². The first-order chi connectivity index (χ1) is 15.9. The number of carbonyl (C=O) groups excluding carboxylic acids is 1. The summed E-state index contributed by atoms with van der Waals surface area (Å²) in [6.07, 6.45) is 2.21. The number of nitrogens with zero attached hydrogens (tertiary/aromatic N) is 3. The number of fused-ring (bicyclic) bond motifs is 1. The lowest BCUT2D eigenvalue weighted by Gasteiger charge is -2.15. The van der Waals surface area contributed by atoms with E-state index in [1.54, 1.807) is 11.8 Å². The van der Waals surface area contributed by atoms with Gasteiger partial charge in [0.15, 0.2) is 23.8 Å². The van der Waals surface area contributed by atoms with E-state index in [1.165, 1.54) is 0 Å². The molecule has 1 fully saturated rings. The molecule has 176 valence electrons. The highest BCUT2D eigenvalue weighted by molar-refractivity contribution is 5.85. The van der Waals surface area contributed by atoms with Gasteiger partial charge in [-0.15, -0.1) is 5.10 Å². The number of aryl methyl sites for hydroxylation is 3. The van der Waals surface area contributed by atoms with Gasteiger partial charge in [-0.3, -0.25) is 4.79 Å². The smallest absolute Gasteiger partial charge is 0.258 e. The average Bonchev–Trinajstić information content (AvgIpc) is 3.43. The van der Waals surface area contributed by atoms with Crippen molar-refractivity contribution in [1.29, 1.82) is 0 Å². The van der Waals surface area contributed by atoms with Crippen LogP contribution in [0.3, 0.4) is 0 Å². The molecular weight excluding hydrogens is 424 g/mol. The van der Waals surface area contributed by atoms with Gasteiger partial charge in [0.25, 0.3) is 5.91 Å². The van der Waals surface area contributed by atoms with Crippen LogP contribution in [0.5, 0.6) is 17.4 Å². The van der Waals surface area contributed by atoms with Gasteiger partial charge in [0.05, 0.1) is 18.6 Å². The summed E-state index contributed by atoms with van der Waals surface area (Å²) in [5.41, 5.74) is 3.54. The van der Waals surface area contributed by atoms with E-state index >= 15 is 0 Å². The Morgan fingerprint density at radius 2 is 2.09 bits per heavy atom. The third-order valence-electron chi connectivity index (χ3n) is 5.59. The van der Waals surface area contributed by atoms with Gasteiger partial charge in [0.2, 0.25) is 5.88 Å². The molecule has 1 N–H and O–H groups in total. The lowest BCUT2D eigenvalue weighted by Crippen LogP contribution is -2.28. The van der Waals surface area contributed by atoms with E-state index in [2.05, 4.69) is 15.4 Å². The van der Waals surface area contributed by atoms with Crippen molar-refractivity contribution in [3.8, 4) is 17.4 Å². The maximum atomic E-state index is 12.4. The molecule has 9 heteroatoms. The minimum absolute atomic E-state index is 0.133. The largest absolute Gasteiger partial charge is 0.493 e. The second kappa shape index (κ2) is 10.1. The third-order valence-corrected chi connectivity index (χ3v) is 5.59.